The molecule has 5 nitrogen and oxygen atoms in total. The molecule has 0 aliphatic carbocycles. The maximum absolute atomic E-state index is 11.6. The molecule has 1 rings (SSSR count). The second kappa shape index (κ2) is 4.97. The summed E-state index contributed by atoms with van der Waals surface area (Å²) in [5.74, 6) is -2.08. The number of nitrogens with one attached hydrogen (secondary N) is 1. The number of carboxylic acid groups (broad SMARTS) is 1. The van der Waals surface area contributed by atoms with Gasteiger partial charge in [0.2, 0.25) is 0 Å². The summed E-state index contributed by atoms with van der Waals surface area (Å²) in [7, 11) is 0. The van der Waals surface area contributed by atoms with Crippen LogP contribution in [0.1, 0.15) is 17.3 Å². The maximum atomic E-state index is 11.6. The molecule has 0 spiro atoms. The zero-order chi connectivity index (χ0) is 12.1. The molecule has 0 aliphatic heterocycles. The summed E-state index contributed by atoms with van der Waals surface area (Å²) in [5, 5.41) is 20.3. The minimum absolute atomic E-state index is 0.0306. The third-order valence-corrected chi connectivity index (χ3v) is 1.92. The molecular weight excluding hydrogens is 210 g/mol. The number of hydrogen-bond donors (Lipinski definition) is 3. The Kier molecular flexibility index (Phi) is 3.66. The zero-order valence-electron chi connectivity index (χ0n) is 8.60. The van der Waals surface area contributed by atoms with Crippen molar-refractivity contribution in [3.8, 4) is 5.75 Å². The molecule has 0 fully saturated rings. The Morgan fingerprint density at radius 2 is 1.94 bits per heavy atom. The molecule has 0 heterocycles. The number of rotatable bonds is 3. The molecular formula is C11H11NO4. The van der Waals surface area contributed by atoms with Gasteiger partial charge < -0.3 is 15.5 Å². The largest absolute Gasteiger partial charge is 0.507 e. The van der Waals surface area contributed by atoms with Gasteiger partial charge in [0, 0.05) is 0 Å². The van der Waals surface area contributed by atoms with Crippen molar-refractivity contribution in [2.24, 2.45) is 0 Å². The molecule has 1 amide bonds. The van der Waals surface area contributed by atoms with E-state index in [1.807, 2.05) is 0 Å². The number of hydrogen-bond acceptors (Lipinski definition) is 3. The Hall–Kier alpha value is -2.30. The lowest BCUT2D eigenvalue weighted by Crippen LogP contribution is -2.27. The Labute approximate surface area is 92.0 Å². The second-order valence-electron chi connectivity index (χ2n) is 2.98. The lowest BCUT2D eigenvalue weighted by Gasteiger charge is -2.06. The number of aromatic hydroxyl groups is 1. The standard InChI is InChI=1S/C11H11NO4/c1-2-8(11(15)16)12-10(14)7-5-3-4-6-9(7)13/h2-6,13H,1H3,(H,12,14)(H,15,16)/b8-2-. The van der Waals surface area contributed by atoms with Gasteiger partial charge in [0.05, 0.1) is 5.56 Å². The highest BCUT2D eigenvalue weighted by atomic mass is 16.4. The average molecular weight is 221 g/mol. The molecule has 0 unspecified atom stereocenters. The molecule has 0 aliphatic rings. The van der Waals surface area contributed by atoms with Crippen molar-refractivity contribution in [3.05, 3.63) is 41.6 Å². The predicted octanol–water partition coefficient (Wildman–Crippen LogP) is 1.11. The van der Waals surface area contributed by atoms with Gasteiger partial charge in [-0.1, -0.05) is 18.2 Å². The fourth-order valence-electron chi connectivity index (χ4n) is 1.10. The van der Waals surface area contributed by atoms with E-state index in [1.165, 1.54) is 25.1 Å². The summed E-state index contributed by atoms with van der Waals surface area (Å²) in [6, 6.07) is 5.90. The van der Waals surface area contributed by atoms with Crippen LogP contribution in [0.2, 0.25) is 0 Å². The van der Waals surface area contributed by atoms with Crippen molar-refractivity contribution >= 4 is 11.9 Å². The van der Waals surface area contributed by atoms with Crippen LogP contribution >= 0.6 is 0 Å². The molecule has 0 saturated carbocycles. The highest BCUT2D eigenvalue weighted by molar-refractivity contribution is 6.02. The highest BCUT2D eigenvalue weighted by Gasteiger charge is 2.14. The molecule has 1 aromatic carbocycles. The minimum atomic E-state index is -1.23. The maximum Gasteiger partial charge on any atom is 0.352 e. The Balaban J connectivity index is 2.89. The molecule has 5 heteroatoms. The number of para-hydroxylation sites is 1. The van der Waals surface area contributed by atoms with Crippen LogP contribution in [0.5, 0.6) is 5.75 Å². The second-order valence-corrected chi connectivity index (χ2v) is 2.98. The number of carbonyl (C=O) groups is 2. The van der Waals surface area contributed by atoms with Gasteiger partial charge in [-0.2, -0.15) is 0 Å². The van der Waals surface area contributed by atoms with Crippen LogP contribution in [0.15, 0.2) is 36.0 Å². The first-order valence-electron chi connectivity index (χ1n) is 4.55. The molecule has 3 N–H and O–H groups in total. The molecule has 84 valence electrons. The van der Waals surface area contributed by atoms with Crippen LogP contribution in [0, 0.1) is 0 Å². The number of amides is 1. The topological polar surface area (TPSA) is 86.6 Å². The van der Waals surface area contributed by atoms with Crippen LogP contribution in [-0.4, -0.2) is 22.1 Å². The SMILES string of the molecule is C/C=C(\NC(=O)c1ccccc1O)C(=O)O. The van der Waals surface area contributed by atoms with Crippen molar-refractivity contribution in [1.82, 2.24) is 5.32 Å². The Morgan fingerprint density at radius 3 is 2.44 bits per heavy atom. The van der Waals surface area contributed by atoms with E-state index in [2.05, 4.69) is 5.32 Å². The van der Waals surface area contributed by atoms with E-state index in [1.54, 1.807) is 12.1 Å². The van der Waals surface area contributed by atoms with Gasteiger partial charge in [-0.05, 0) is 19.1 Å². The number of allylic oxidation sites excluding steroid dienone is 1. The fraction of sp³-hybridized carbons (Fsp3) is 0.0909. The molecule has 1 aromatic rings. The third-order valence-electron chi connectivity index (χ3n) is 1.92. The lowest BCUT2D eigenvalue weighted by atomic mass is 10.2. The molecule has 0 atom stereocenters. The molecule has 0 radical (unpaired) electrons. The molecule has 0 aromatic heterocycles. The first kappa shape index (κ1) is 11.8. The van der Waals surface area contributed by atoms with Crippen LogP contribution in [0.4, 0.5) is 0 Å². The van der Waals surface area contributed by atoms with Gasteiger partial charge in [-0.25, -0.2) is 4.79 Å². The predicted molar refractivity (Wildman–Crippen MR) is 57.0 cm³/mol. The summed E-state index contributed by atoms with van der Waals surface area (Å²) >= 11 is 0. The van der Waals surface area contributed by atoms with Crippen LogP contribution < -0.4 is 5.32 Å². The highest BCUT2D eigenvalue weighted by Crippen LogP contribution is 2.15. The van der Waals surface area contributed by atoms with Gasteiger partial charge in [0.1, 0.15) is 11.4 Å². The van der Waals surface area contributed by atoms with E-state index < -0.39 is 11.9 Å². The Bertz CT molecular complexity index is 451. The van der Waals surface area contributed by atoms with Crippen molar-refractivity contribution < 1.29 is 19.8 Å². The van der Waals surface area contributed by atoms with Crippen LogP contribution in [0.3, 0.4) is 0 Å². The number of phenols is 1. The first-order valence-corrected chi connectivity index (χ1v) is 4.55. The van der Waals surface area contributed by atoms with Gasteiger partial charge >= 0.3 is 5.97 Å². The van der Waals surface area contributed by atoms with E-state index >= 15 is 0 Å². The summed E-state index contributed by atoms with van der Waals surface area (Å²) in [6.07, 6.45) is 1.26. The van der Waals surface area contributed by atoms with Crippen molar-refractivity contribution in [2.45, 2.75) is 6.92 Å². The Morgan fingerprint density at radius 1 is 1.31 bits per heavy atom. The normalized spacial score (nSPS) is 10.9. The van der Waals surface area contributed by atoms with Crippen LogP contribution in [0.25, 0.3) is 0 Å². The quantitative estimate of drug-likeness (QED) is 0.667. The number of aliphatic carboxylic acids is 1. The molecule has 0 saturated heterocycles. The van der Waals surface area contributed by atoms with E-state index in [-0.39, 0.29) is 17.0 Å². The summed E-state index contributed by atoms with van der Waals surface area (Å²) in [4.78, 5) is 22.2. The lowest BCUT2D eigenvalue weighted by molar-refractivity contribution is -0.133. The fourth-order valence-corrected chi connectivity index (χ4v) is 1.10. The number of carbonyl (C=O) groups excluding carboxylic acids is 1. The van der Waals surface area contributed by atoms with E-state index in [0.29, 0.717) is 0 Å². The van der Waals surface area contributed by atoms with E-state index in [0.717, 1.165) is 0 Å². The third kappa shape index (κ3) is 2.60. The van der Waals surface area contributed by atoms with Gasteiger partial charge in [0.25, 0.3) is 5.91 Å². The van der Waals surface area contributed by atoms with E-state index in [4.69, 9.17) is 5.11 Å². The minimum Gasteiger partial charge on any atom is -0.507 e. The summed E-state index contributed by atoms with van der Waals surface area (Å²) < 4.78 is 0. The number of carboxylic acids is 1. The summed E-state index contributed by atoms with van der Waals surface area (Å²) in [5.41, 5.74) is -0.198. The van der Waals surface area contributed by atoms with Gasteiger partial charge in [-0.3, -0.25) is 4.79 Å². The average Bonchev–Trinajstić information content (AvgIpc) is 2.25. The van der Waals surface area contributed by atoms with Crippen molar-refractivity contribution in [3.63, 3.8) is 0 Å². The van der Waals surface area contributed by atoms with Gasteiger partial charge in [-0.15, -0.1) is 0 Å². The van der Waals surface area contributed by atoms with Crippen molar-refractivity contribution in [2.75, 3.05) is 0 Å². The zero-order valence-corrected chi connectivity index (χ0v) is 8.60. The number of phenolic OH excluding ortho intramolecular Hbond substituents is 1. The van der Waals surface area contributed by atoms with E-state index in [9.17, 15) is 14.7 Å². The number of benzene rings is 1. The monoisotopic (exact) mass is 221 g/mol. The molecule has 0 bridgehead atoms. The molecule has 16 heavy (non-hydrogen) atoms. The summed E-state index contributed by atoms with van der Waals surface area (Å²) in [6.45, 7) is 1.49. The van der Waals surface area contributed by atoms with Gasteiger partial charge in [0.15, 0.2) is 0 Å². The first-order chi connectivity index (χ1) is 7.56. The smallest absolute Gasteiger partial charge is 0.352 e. The van der Waals surface area contributed by atoms with Crippen molar-refractivity contribution in [1.29, 1.82) is 0 Å². The van der Waals surface area contributed by atoms with Crippen LogP contribution in [-0.2, 0) is 4.79 Å².